The summed E-state index contributed by atoms with van der Waals surface area (Å²) < 4.78 is 5.88. The predicted molar refractivity (Wildman–Crippen MR) is 64.9 cm³/mol. The zero-order chi connectivity index (χ0) is 11.2. The molecule has 3 heteroatoms. The van der Waals surface area contributed by atoms with Crippen LogP contribution in [0.5, 0.6) is 5.75 Å². The van der Waals surface area contributed by atoms with Crippen molar-refractivity contribution in [3.8, 4) is 5.75 Å². The van der Waals surface area contributed by atoms with Crippen LogP contribution in [0.15, 0.2) is 24.3 Å². The van der Waals surface area contributed by atoms with Gasteiger partial charge in [0.1, 0.15) is 5.75 Å². The molecule has 1 aliphatic carbocycles. The predicted octanol–water partition coefficient (Wildman–Crippen LogP) is 2.22. The van der Waals surface area contributed by atoms with Crippen molar-refractivity contribution in [1.82, 2.24) is 5.43 Å². The van der Waals surface area contributed by atoms with E-state index in [2.05, 4.69) is 5.43 Å². The molecular formula is C13H20N2O. The van der Waals surface area contributed by atoms with Crippen molar-refractivity contribution in [2.24, 2.45) is 11.8 Å². The van der Waals surface area contributed by atoms with Gasteiger partial charge in [-0.2, -0.15) is 0 Å². The van der Waals surface area contributed by atoms with Gasteiger partial charge in [0.05, 0.1) is 6.61 Å². The summed E-state index contributed by atoms with van der Waals surface area (Å²) in [4.78, 5) is 0. The number of ether oxygens (including phenoxy) is 1. The molecule has 3 N–H and O–H groups in total. The fraction of sp³-hybridized carbons (Fsp3) is 0.538. The maximum Gasteiger partial charge on any atom is 0.123 e. The third kappa shape index (κ3) is 2.97. The summed E-state index contributed by atoms with van der Waals surface area (Å²) in [7, 11) is 0. The first kappa shape index (κ1) is 11.4. The third-order valence-electron chi connectivity index (χ3n) is 3.21. The van der Waals surface area contributed by atoms with Crippen molar-refractivity contribution >= 4 is 0 Å². The Hall–Kier alpha value is -1.06. The second kappa shape index (κ2) is 5.87. The van der Waals surface area contributed by atoms with Crippen LogP contribution in [0.1, 0.15) is 31.2 Å². The zero-order valence-electron chi connectivity index (χ0n) is 9.61. The molecule has 88 valence electrons. The highest BCUT2D eigenvalue weighted by atomic mass is 16.5. The van der Waals surface area contributed by atoms with Crippen LogP contribution < -0.4 is 16.0 Å². The van der Waals surface area contributed by atoms with Gasteiger partial charge in [0.15, 0.2) is 0 Å². The Morgan fingerprint density at radius 3 is 2.75 bits per heavy atom. The summed E-state index contributed by atoms with van der Waals surface area (Å²) in [5.74, 6) is 7.06. The molecule has 0 atom stereocenters. The molecule has 0 radical (unpaired) electrons. The summed E-state index contributed by atoms with van der Waals surface area (Å²) in [5.41, 5.74) is 3.80. The SMILES string of the molecule is NNCc1ccccc1OCC1CCCC1. The van der Waals surface area contributed by atoms with Crippen molar-refractivity contribution in [2.75, 3.05) is 6.61 Å². The lowest BCUT2D eigenvalue weighted by atomic mass is 10.1. The minimum Gasteiger partial charge on any atom is -0.493 e. The topological polar surface area (TPSA) is 47.3 Å². The number of benzene rings is 1. The van der Waals surface area contributed by atoms with Crippen molar-refractivity contribution in [3.05, 3.63) is 29.8 Å². The number of hydrazine groups is 1. The fourth-order valence-electron chi connectivity index (χ4n) is 2.29. The first-order valence-electron chi connectivity index (χ1n) is 6.04. The number of nitrogens with two attached hydrogens (primary N) is 1. The van der Waals surface area contributed by atoms with E-state index in [0.717, 1.165) is 23.8 Å². The molecular weight excluding hydrogens is 200 g/mol. The van der Waals surface area contributed by atoms with Gasteiger partial charge in [-0.05, 0) is 24.8 Å². The summed E-state index contributed by atoms with van der Waals surface area (Å²) in [6, 6.07) is 8.07. The van der Waals surface area contributed by atoms with Crippen molar-refractivity contribution in [3.63, 3.8) is 0 Å². The second-order valence-corrected chi connectivity index (χ2v) is 4.45. The standard InChI is InChI=1S/C13H20N2O/c14-15-9-12-7-3-4-8-13(12)16-10-11-5-1-2-6-11/h3-4,7-8,11,15H,1-2,5-6,9-10,14H2. The summed E-state index contributed by atoms with van der Waals surface area (Å²) in [6.07, 6.45) is 5.36. The van der Waals surface area contributed by atoms with Crippen LogP contribution in [0.2, 0.25) is 0 Å². The molecule has 2 rings (SSSR count). The minimum absolute atomic E-state index is 0.654. The average Bonchev–Trinajstić information content (AvgIpc) is 2.81. The van der Waals surface area contributed by atoms with Gasteiger partial charge in [-0.15, -0.1) is 0 Å². The number of hydrogen-bond donors (Lipinski definition) is 2. The van der Waals surface area contributed by atoms with Gasteiger partial charge in [0.2, 0.25) is 0 Å². The van der Waals surface area contributed by atoms with E-state index in [-0.39, 0.29) is 0 Å². The van der Waals surface area contributed by atoms with E-state index in [4.69, 9.17) is 10.6 Å². The highest BCUT2D eigenvalue weighted by Crippen LogP contribution is 2.26. The van der Waals surface area contributed by atoms with Crippen LogP contribution >= 0.6 is 0 Å². The highest BCUT2D eigenvalue weighted by molar-refractivity contribution is 5.33. The molecule has 1 aromatic carbocycles. The van der Waals surface area contributed by atoms with E-state index in [1.165, 1.54) is 25.7 Å². The van der Waals surface area contributed by atoms with Gasteiger partial charge in [0.25, 0.3) is 0 Å². The number of hydrogen-bond acceptors (Lipinski definition) is 3. The fourth-order valence-corrected chi connectivity index (χ4v) is 2.29. The van der Waals surface area contributed by atoms with Gasteiger partial charge >= 0.3 is 0 Å². The van der Waals surface area contributed by atoms with Gasteiger partial charge in [0, 0.05) is 12.1 Å². The first-order chi connectivity index (χ1) is 7.90. The molecule has 0 aliphatic heterocycles. The number of nitrogens with one attached hydrogen (secondary N) is 1. The summed E-state index contributed by atoms with van der Waals surface area (Å²) in [5, 5.41) is 0. The smallest absolute Gasteiger partial charge is 0.123 e. The van der Waals surface area contributed by atoms with Crippen LogP contribution in [0.3, 0.4) is 0 Å². The van der Waals surface area contributed by atoms with Crippen LogP contribution in [0, 0.1) is 5.92 Å². The molecule has 0 heterocycles. The van der Waals surface area contributed by atoms with Gasteiger partial charge in [-0.1, -0.05) is 31.0 Å². The van der Waals surface area contributed by atoms with Crippen molar-refractivity contribution in [2.45, 2.75) is 32.2 Å². The molecule has 1 aliphatic rings. The number of para-hydroxylation sites is 1. The molecule has 0 saturated heterocycles. The van der Waals surface area contributed by atoms with E-state index in [0.29, 0.717) is 6.54 Å². The Bertz CT molecular complexity index is 321. The molecule has 0 spiro atoms. The Labute approximate surface area is 97.0 Å². The normalized spacial score (nSPS) is 16.6. The summed E-state index contributed by atoms with van der Waals surface area (Å²) in [6.45, 7) is 1.50. The van der Waals surface area contributed by atoms with Crippen LogP contribution in [-0.4, -0.2) is 6.61 Å². The maximum absolute atomic E-state index is 5.88. The molecule has 1 saturated carbocycles. The lowest BCUT2D eigenvalue weighted by Gasteiger charge is -2.14. The van der Waals surface area contributed by atoms with E-state index < -0.39 is 0 Å². The van der Waals surface area contributed by atoms with Crippen molar-refractivity contribution < 1.29 is 4.74 Å². The molecule has 16 heavy (non-hydrogen) atoms. The van der Waals surface area contributed by atoms with E-state index in [1.807, 2.05) is 24.3 Å². The molecule has 1 aromatic rings. The van der Waals surface area contributed by atoms with Gasteiger partial charge < -0.3 is 4.74 Å². The third-order valence-corrected chi connectivity index (χ3v) is 3.21. The Kier molecular flexibility index (Phi) is 4.19. The largest absolute Gasteiger partial charge is 0.493 e. The second-order valence-electron chi connectivity index (χ2n) is 4.45. The van der Waals surface area contributed by atoms with E-state index >= 15 is 0 Å². The van der Waals surface area contributed by atoms with Crippen LogP contribution in [0.4, 0.5) is 0 Å². The van der Waals surface area contributed by atoms with Gasteiger partial charge in [-0.3, -0.25) is 11.3 Å². The Morgan fingerprint density at radius 2 is 2.00 bits per heavy atom. The monoisotopic (exact) mass is 220 g/mol. The molecule has 3 nitrogen and oxygen atoms in total. The van der Waals surface area contributed by atoms with Crippen molar-refractivity contribution in [1.29, 1.82) is 0 Å². The first-order valence-corrected chi connectivity index (χ1v) is 6.04. The zero-order valence-corrected chi connectivity index (χ0v) is 9.61. The summed E-state index contributed by atoms with van der Waals surface area (Å²) >= 11 is 0. The van der Waals surface area contributed by atoms with Crippen LogP contribution in [-0.2, 0) is 6.54 Å². The lowest BCUT2D eigenvalue weighted by molar-refractivity contribution is 0.249. The molecule has 0 amide bonds. The van der Waals surface area contributed by atoms with E-state index in [9.17, 15) is 0 Å². The minimum atomic E-state index is 0.654. The Morgan fingerprint density at radius 1 is 1.25 bits per heavy atom. The molecule has 0 aromatic heterocycles. The lowest BCUT2D eigenvalue weighted by Crippen LogP contribution is -2.21. The molecule has 0 bridgehead atoms. The number of rotatable bonds is 5. The van der Waals surface area contributed by atoms with E-state index in [1.54, 1.807) is 0 Å². The quantitative estimate of drug-likeness (QED) is 0.591. The van der Waals surface area contributed by atoms with Crippen LogP contribution in [0.25, 0.3) is 0 Å². The Balaban J connectivity index is 1.91. The highest BCUT2D eigenvalue weighted by Gasteiger charge is 2.15. The average molecular weight is 220 g/mol. The van der Waals surface area contributed by atoms with Gasteiger partial charge in [-0.25, -0.2) is 0 Å². The maximum atomic E-state index is 5.88. The molecule has 1 fully saturated rings. The molecule has 0 unspecified atom stereocenters.